The van der Waals surface area contributed by atoms with Crippen LogP contribution in [0.5, 0.6) is 0 Å². The average Bonchev–Trinajstić information content (AvgIpc) is 3.01. The number of anilines is 2. The number of carbonyl (C=O) groups is 2. The van der Waals surface area contributed by atoms with E-state index in [0.717, 1.165) is 6.26 Å². The van der Waals surface area contributed by atoms with Crippen molar-refractivity contribution >= 4 is 23.2 Å². The Labute approximate surface area is 141 Å². The largest absolute Gasteiger partial charge is 0.467 e. The maximum Gasteiger partial charge on any atom is 0.411 e. The molecule has 0 radical (unpaired) electrons. The van der Waals surface area contributed by atoms with Gasteiger partial charge in [0.2, 0.25) is 11.8 Å². The van der Waals surface area contributed by atoms with E-state index in [2.05, 4.69) is 16.0 Å². The van der Waals surface area contributed by atoms with Gasteiger partial charge in [-0.05, 0) is 24.3 Å². The molecule has 1 heterocycles. The number of para-hydroxylation sites is 2. The first-order chi connectivity index (χ1) is 11.8. The summed E-state index contributed by atoms with van der Waals surface area (Å²) in [5.41, 5.74) is 0.632. The van der Waals surface area contributed by atoms with Gasteiger partial charge in [0.25, 0.3) is 0 Å². The van der Waals surface area contributed by atoms with Crippen LogP contribution in [0.1, 0.15) is 18.7 Å². The topological polar surface area (TPSA) is 83.4 Å². The zero-order valence-corrected chi connectivity index (χ0v) is 13.2. The number of halogens is 3. The molecule has 3 N–H and O–H groups in total. The van der Waals surface area contributed by atoms with Crippen molar-refractivity contribution in [3.8, 4) is 0 Å². The minimum atomic E-state index is -4.62. The highest BCUT2D eigenvalue weighted by Gasteiger charge is 2.42. The molecule has 0 saturated heterocycles. The van der Waals surface area contributed by atoms with Gasteiger partial charge in [0.05, 0.1) is 24.2 Å². The fraction of sp³-hybridized carbons (Fsp3) is 0.250. The summed E-state index contributed by atoms with van der Waals surface area (Å²) in [5, 5.41) is 7.10. The van der Waals surface area contributed by atoms with Crippen LogP contribution in [0.15, 0.2) is 47.1 Å². The summed E-state index contributed by atoms with van der Waals surface area (Å²) in [4.78, 5) is 23.1. The van der Waals surface area contributed by atoms with Gasteiger partial charge in [-0.15, -0.1) is 0 Å². The van der Waals surface area contributed by atoms with Crippen LogP contribution in [0, 0.1) is 0 Å². The monoisotopic (exact) mass is 355 g/mol. The molecule has 0 fully saturated rings. The molecule has 0 unspecified atom stereocenters. The molecule has 1 aromatic carbocycles. The molecular formula is C16H16F3N3O3. The maximum absolute atomic E-state index is 13.1. The Bertz CT molecular complexity index is 730. The van der Waals surface area contributed by atoms with Crippen LogP contribution < -0.4 is 16.0 Å². The van der Waals surface area contributed by atoms with Gasteiger partial charge in [-0.25, -0.2) is 0 Å². The molecule has 0 aliphatic carbocycles. The van der Waals surface area contributed by atoms with Gasteiger partial charge < -0.3 is 15.1 Å². The molecule has 0 saturated carbocycles. The number of hydrogen-bond acceptors (Lipinski definition) is 4. The number of carbonyl (C=O) groups excluding carboxylic acids is 2. The minimum absolute atomic E-state index is 0.283. The fourth-order valence-corrected chi connectivity index (χ4v) is 2.11. The predicted octanol–water partition coefficient (Wildman–Crippen LogP) is 3.07. The van der Waals surface area contributed by atoms with E-state index in [1.165, 1.54) is 25.1 Å². The van der Waals surface area contributed by atoms with Crippen molar-refractivity contribution in [3.63, 3.8) is 0 Å². The third kappa shape index (κ3) is 5.35. The first-order valence-electron chi connectivity index (χ1n) is 7.27. The quantitative estimate of drug-likeness (QED) is 0.744. The Morgan fingerprint density at radius 3 is 2.24 bits per heavy atom. The Morgan fingerprint density at radius 1 is 1.08 bits per heavy atom. The van der Waals surface area contributed by atoms with E-state index >= 15 is 0 Å². The lowest BCUT2D eigenvalue weighted by atomic mass is 10.2. The Hall–Kier alpha value is -2.81. The van der Waals surface area contributed by atoms with E-state index in [1.807, 2.05) is 0 Å². The number of amides is 2. The van der Waals surface area contributed by atoms with Gasteiger partial charge >= 0.3 is 6.18 Å². The van der Waals surface area contributed by atoms with E-state index in [-0.39, 0.29) is 17.4 Å². The summed E-state index contributed by atoms with van der Waals surface area (Å²) >= 11 is 0. The van der Waals surface area contributed by atoms with E-state index < -0.39 is 24.7 Å². The van der Waals surface area contributed by atoms with Gasteiger partial charge in [0.15, 0.2) is 6.04 Å². The lowest BCUT2D eigenvalue weighted by molar-refractivity contribution is -0.161. The molecular weight excluding hydrogens is 339 g/mol. The summed E-state index contributed by atoms with van der Waals surface area (Å²) in [6.07, 6.45) is -3.49. The highest BCUT2D eigenvalue weighted by molar-refractivity contribution is 5.99. The van der Waals surface area contributed by atoms with Gasteiger partial charge in [0.1, 0.15) is 5.76 Å². The maximum atomic E-state index is 13.1. The van der Waals surface area contributed by atoms with Crippen molar-refractivity contribution in [2.24, 2.45) is 0 Å². The Morgan fingerprint density at radius 2 is 1.72 bits per heavy atom. The zero-order chi connectivity index (χ0) is 18.4. The van der Waals surface area contributed by atoms with Crippen LogP contribution in [0.3, 0.4) is 0 Å². The van der Waals surface area contributed by atoms with Crippen molar-refractivity contribution in [2.45, 2.75) is 19.1 Å². The predicted molar refractivity (Wildman–Crippen MR) is 84.9 cm³/mol. The first kappa shape index (κ1) is 18.5. The lowest BCUT2D eigenvalue weighted by Crippen LogP contribution is -2.38. The fourth-order valence-electron chi connectivity index (χ4n) is 2.11. The van der Waals surface area contributed by atoms with Crippen molar-refractivity contribution in [2.75, 3.05) is 17.2 Å². The summed E-state index contributed by atoms with van der Waals surface area (Å²) < 4.78 is 44.0. The molecule has 2 amide bonds. The molecule has 0 aliphatic heterocycles. The molecule has 1 aromatic heterocycles. The minimum Gasteiger partial charge on any atom is -0.467 e. The lowest BCUT2D eigenvalue weighted by Gasteiger charge is -2.19. The van der Waals surface area contributed by atoms with E-state index in [1.54, 1.807) is 18.2 Å². The summed E-state index contributed by atoms with van der Waals surface area (Å²) in [7, 11) is 0. The molecule has 9 heteroatoms. The molecule has 2 aromatic rings. The summed E-state index contributed by atoms with van der Waals surface area (Å²) in [5.74, 6) is -1.37. The number of furan rings is 1. The third-order valence-electron chi connectivity index (χ3n) is 3.13. The van der Waals surface area contributed by atoms with Crippen molar-refractivity contribution < 1.29 is 27.2 Å². The highest BCUT2D eigenvalue weighted by Crippen LogP contribution is 2.32. The molecule has 0 spiro atoms. The molecule has 1 atom stereocenters. The van der Waals surface area contributed by atoms with Crippen LogP contribution in [-0.4, -0.2) is 24.5 Å². The molecule has 134 valence electrons. The van der Waals surface area contributed by atoms with Crippen LogP contribution in [0.2, 0.25) is 0 Å². The van der Waals surface area contributed by atoms with E-state index in [9.17, 15) is 22.8 Å². The average molecular weight is 355 g/mol. The number of hydrogen-bond donors (Lipinski definition) is 3. The molecule has 0 aliphatic rings. The Kier molecular flexibility index (Phi) is 5.81. The van der Waals surface area contributed by atoms with Crippen LogP contribution in [-0.2, 0) is 9.59 Å². The second-order valence-electron chi connectivity index (χ2n) is 5.15. The number of rotatable bonds is 6. The van der Waals surface area contributed by atoms with Gasteiger partial charge in [-0.1, -0.05) is 12.1 Å². The van der Waals surface area contributed by atoms with Crippen LogP contribution >= 0.6 is 0 Å². The summed E-state index contributed by atoms with van der Waals surface area (Å²) in [6, 6.07) is 6.77. The third-order valence-corrected chi connectivity index (χ3v) is 3.13. The van der Waals surface area contributed by atoms with Gasteiger partial charge in [-0.2, -0.15) is 13.2 Å². The second kappa shape index (κ2) is 7.84. The first-order valence-corrected chi connectivity index (χ1v) is 7.27. The number of nitrogens with one attached hydrogen (secondary N) is 3. The standard InChI is InChI=1S/C16H16F3N3O3/c1-10(23)21-11-5-2-3-6-12(11)22-14(24)9-20-15(16(17,18)19)13-7-4-8-25-13/h2-8,15,20H,9H2,1H3,(H,21,23)(H,22,24)/t15-/m0/s1. The zero-order valence-electron chi connectivity index (χ0n) is 13.2. The van der Waals surface area contributed by atoms with E-state index in [0.29, 0.717) is 5.69 Å². The molecule has 25 heavy (non-hydrogen) atoms. The number of benzene rings is 1. The number of alkyl halides is 3. The SMILES string of the molecule is CC(=O)Nc1ccccc1NC(=O)CN[C@@H](c1ccco1)C(F)(F)F. The second-order valence-corrected chi connectivity index (χ2v) is 5.15. The highest BCUT2D eigenvalue weighted by atomic mass is 19.4. The van der Waals surface area contributed by atoms with Crippen LogP contribution in [0.4, 0.5) is 24.5 Å². The summed E-state index contributed by atoms with van der Waals surface area (Å²) in [6.45, 7) is 0.705. The molecule has 0 bridgehead atoms. The Balaban J connectivity index is 2.02. The molecule has 2 rings (SSSR count). The normalized spacial score (nSPS) is 12.5. The van der Waals surface area contributed by atoms with Crippen molar-refractivity contribution in [1.82, 2.24) is 5.32 Å². The van der Waals surface area contributed by atoms with Crippen LogP contribution in [0.25, 0.3) is 0 Å². The van der Waals surface area contributed by atoms with Gasteiger partial charge in [0, 0.05) is 6.92 Å². The van der Waals surface area contributed by atoms with Crippen molar-refractivity contribution in [1.29, 1.82) is 0 Å². The van der Waals surface area contributed by atoms with Gasteiger partial charge in [-0.3, -0.25) is 14.9 Å². The van der Waals surface area contributed by atoms with Crippen molar-refractivity contribution in [3.05, 3.63) is 48.4 Å². The van der Waals surface area contributed by atoms with E-state index in [4.69, 9.17) is 4.42 Å². The molecule has 6 nitrogen and oxygen atoms in total. The smallest absolute Gasteiger partial charge is 0.411 e.